The van der Waals surface area contributed by atoms with Crippen molar-refractivity contribution in [3.63, 3.8) is 0 Å². The molecule has 7 heteroatoms. The number of nitrogens with one attached hydrogen (secondary N) is 1. The average Bonchev–Trinajstić information content (AvgIpc) is 3.05. The lowest BCUT2D eigenvalue weighted by atomic mass is 9.98. The lowest BCUT2D eigenvalue weighted by Gasteiger charge is -2.48. The number of para-hydroxylation sites is 1. The van der Waals surface area contributed by atoms with E-state index < -0.39 is 5.66 Å². The van der Waals surface area contributed by atoms with Gasteiger partial charge in [0, 0.05) is 25.1 Å². The highest BCUT2D eigenvalue weighted by atomic mass is 16.5. The predicted octanol–water partition coefficient (Wildman–Crippen LogP) is 3.41. The topological polar surface area (TPSA) is 79.0 Å². The second-order valence-electron chi connectivity index (χ2n) is 7.68. The van der Waals surface area contributed by atoms with E-state index in [1.807, 2.05) is 26.0 Å². The Bertz CT molecular complexity index is 988. The van der Waals surface area contributed by atoms with E-state index in [0.717, 1.165) is 5.75 Å². The van der Waals surface area contributed by atoms with Gasteiger partial charge >= 0.3 is 0 Å². The van der Waals surface area contributed by atoms with Crippen LogP contribution in [0.3, 0.4) is 0 Å². The maximum Gasteiger partial charge on any atom is 0.257 e. The van der Waals surface area contributed by atoms with E-state index in [-0.39, 0.29) is 30.7 Å². The molecule has 2 aromatic carbocycles. The number of amides is 3. The first-order valence-electron chi connectivity index (χ1n) is 10.2. The molecule has 1 saturated heterocycles. The first kappa shape index (κ1) is 19.9. The van der Waals surface area contributed by atoms with Gasteiger partial charge in [-0.05, 0) is 56.7 Å². The van der Waals surface area contributed by atoms with Gasteiger partial charge in [0.1, 0.15) is 11.4 Å². The Hall–Kier alpha value is -3.35. The van der Waals surface area contributed by atoms with Crippen LogP contribution in [0, 0.1) is 0 Å². The minimum atomic E-state index is -0.748. The van der Waals surface area contributed by atoms with Crippen LogP contribution < -0.4 is 15.0 Å². The van der Waals surface area contributed by atoms with Crippen molar-refractivity contribution in [3.8, 4) is 5.75 Å². The van der Waals surface area contributed by atoms with Gasteiger partial charge in [0.05, 0.1) is 17.9 Å². The van der Waals surface area contributed by atoms with Crippen molar-refractivity contribution in [2.75, 3.05) is 23.4 Å². The molecule has 1 atom stereocenters. The number of rotatable bonds is 6. The summed E-state index contributed by atoms with van der Waals surface area (Å²) in [6.45, 7) is 4.62. The molecule has 156 valence electrons. The van der Waals surface area contributed by atoms with E-state index >= 15 is 0 Å². The van der Waals surface area contributed by atoms with Crippen molar-refractivity contribution < 1.29 is 19.1 Å². The molecule has 3 amide bonds. The monoisotopic (exact) mass is 407 g/mol. The van der Waals surface area contributed by atoms with Crippen molar-refractivity contribution in [2.24, 2.45) is 0 Å². The van der Waals surface area contributed by atoms with Gasteiger partial charge in [-0.15, -0.1) is 0 Å². The Morgan fingerprint density at radius 2 is 1.87 bits per heavy atom. The summed E-state index contributed by atoms with van der Waals surface area (Å²) in [5.41, 5.74) is 1.07. The zero-order chi connectivity index (χ0) is 21.3. The Kier molecular flexibility index (Phi) is 5.20. The van der Waals surface area contributed by atoms with Crippen LogP contribution in [0.1, 0.15) is 43.5 Å². The van der Waals surface area contributed by atoms with Crippen molar-refractivity contribution in [3.05, 3.63) is 54.1 Å². The summed E-state index contributed by atoms with van der Waals surface area (Å²) < 4.78 is 5.40. The summed E-state index contributed by atoms with van der Waals surface area (Å²) >= 11 is 0. The summed E-state index contributed by atoms with van der Waals surface area (Å²) in [5, 5.41) is 2.85. The minimum absolute atomic E-state index is 0.00119. The van der Waals surface area contributed by atoms with E-state index in [9.17, 15) is 14.4 Å². The summed E-state index contributed by atoms with van der Waals surface area (Å²) in [7, 11) is 0. The van der Waals surface area contributed by atoms with Crippen LogP contribution in [0.25, 0.3) is 0 Å². The third-order valence-corrected chi connectivity index (χ3v) is 5.76. The zero-order valence-corrected chi connectivity index (χ0v) is 17.2. The standard InChI is InChI=1S/C23H25N3O4/c1-3-30-17-10-8-16(9-11-17)24-20(27)13-15-25-22(29)18-6-4-5-7-19(18)26-21(28)12-14-23(25,26)2/h4-11H,3,12-15H2,1-2H3,(H,24,27)/t23-/m0/s1. The molecule has 0 unspecified atom stereocenters. The van der Waals surface area contributed by atoms with E-state index in [1.165, 1.54) is 0 Å². The number of anilines is 2. The van der Waals surface area contributed by atoms with E-state index in [4.69, 9.17) is 4.74 Å². The van der Waals surface area contributed by atoms with Gasteiger partial charge in [-0.25, -0.2) is 0 Å². The fourth-order valence-corrected chi connectivity index (χ4v) is 4.28. The molecular weight excluding hydrogens is 382 g/mol. The normalized spacial score (nSPS) is 20.1. The first-order valence-corrected chi connectivity index (χ1v) is 10.2. The zero-order valence-electron chi connectivity index (χ0n) is 17.2. The molecular formula is C23H25N3O4. The molecule has 4 rings (SSSR count). The summed E-state index contributed by atoms with van der Waals surface area (Å²) in [6, 6.07) is 14.3. The van der Waals surface area contributed by atoms with Gasteiger partial charge in [0.2, 0.25) is 11.8 Å². The lowest BCUT2D eigenvalue weighted by molar-refractivity contribution is -0.117. The largest absolute Gasteiger partial charge is 0.494 e. The van der Waals surface area contributed by atoms with Gasteiger partial charge < -0.3 is 15.0 Å². The highest BCUT2D eigenvalue weighted by Gasteiger charge is 2.52. The molecule has 7 nitrogen and oxygen atoms in total. The van der Waals surface area contributed by atoms with Crippen LogP contribution in [-0.2, 0) is 9.59 Å². The van der Waals surface area contributed by atoms with Gasteiger partial charge in [0.25, 0.3) is 5.91 Å². The van der Waals surface area contributed by atoms with Crippen molar-refractivity contribution in [1.82, 2.24) is 4.90 Å². The molecule has 2 heterocycles. The van der Waals surface area contributed by atoms with Gasteiger partial charge in [-0.3, -0.25) is 19.3 Å². The average molecular weight is 407 g/mol. The molecule has 0 radical (unpaired) electrons. The highest BCUT2D eigenvalue weighted by Crippen LogP contribution is 2.43. The Balaban J connectivity index is 1.48. The maximum absolute atomic E-state index is 13.2. The Morgan fingerprint density at radius 1 is 1.13 bits per heavy atom. The number of carbonyl (C=O) groups excluding carboxylic acids is 3. The molecule has 30 heavy (non-hydrogen) atoms. The second kappa shape index (κ2) is 7.82. The van der Waals surface area contributed by atoms with Crippen LogP contribution in [0.5, 0.6) is 5.75 Å². The number of benzene rings is 2. The van der Waals surface area contributed by atoms with Crippen molar-refractivity contribution in [2.45, 2.75) is 38.8 Å². The number of nitrogens with zero attached hydrogens (tertiary/aromatic N) is 2. The van der Waals surface area contributed by atoms with Gasteiger partial charge in [0.15, 0.2) is 0 Å². The molecule has 1 fully saturated rings. The molecule has 0 saturated carbocycles. The number of hydrogen-bond donors (Lipinski definition) is 1. The molecule has 2 aromatic rings. The minimum Gasteiger partial charge on any atom is -0.494 e. The number of fused-ring (bicyclic) bond motifs is 3. The van der Waals surface area contributed by atoms with E-state index in [1.54, 1.807) is 46.2 Å². The lowest BCUT2D eigenvalue weighted by Crippen LogP contribution is -2.62. The second-order valence-corrected chi connectivity index (χ2v) is 7.68. The van der Waals surface area contributed by atoms with Crippen molar-refractivity contribution >= 4 is 29.1 Å². The summed E-state index contributed by atoms with van der Waals surface area (Å²) in [6.07, 6.45) is 1.07. The SMILES string of the molecule is CCOc1ccc(NC(=O)CCN2C(=O)c3ccccc3N3C(=O)CC[C@@]23C)cc1. The molecule has 2 aliphatic heterocycles. The third-order valence-electron chi connectivity index (χ3n) is 5.76. The van der Waals surface area contributed by atoms with Crippen LogP contribution in [-0.4, -0.2) is 41.4 Å². The van der Waals surface area contributed by atoms with E-state index in [0.29, 0.717) is 36.4 Å². The predicted molar refractivity (Wildman–Crippen MR) is 113 cm³/mol. The fraction of sp³-hybridized carbons (Fsp3) is 0.348. The number of hydrogen-bond acceptors (Lipinski definition) is 4. The Labute approximate surface area is 175 Å². The van der Waals surface area contributed by atoms with Gasteiger partial charge in [-0.2, -0.15) is 0 Å². The maximum atomic E-state index is 13.2. The quantitative estimate of drug-likeness (QED) is 0.796. The number of carbonyl (C=O) groups is 3. The summed E-state index contributed by atoms with van der Waals surface area (Å²) in [5.74, 6) is 0.409. The highest BCUT2D eigenvalue weighted by molar-refractivity contribution is 6.10. The molecule has 0 bridgehead atoms. The van der Waals surface area contributed by atoms with Crippen LogP contribution in [0.15, 0.2) is 48.5 Å². The third kappa shape index (κ3) is 3.40. The van der Waals surface area contributed by atoms with E-state index in [2.05, 4.69) is 5.32 Å². The molecule has 0 aliphatic carbocycles. The molecule has 2 aliphatic rings. The van der Waals surface area contributed by atoms with Crippen molar-refractivity contribution in [1.29, 1.82) is 0 Å². The van der Waals surface area contributed by atoms with Crippen LogP contribution >= 0.6 is 0 Å². The van der Waals surface area contributed by atoms with Crippen LogP contribution in [0.2, 0.25) is 0 Å². The van der Waals surface area contributed by atoms with Crippen LogP contribution in [0.4, 0.5) is 11.4 Å². The smallest absolute Gasteiger partial charge is 0.257 e. The molecule has 1 N–H and O–H groups in total. The first-order chi connectivity index (χ1) is 14.4. The van der Waals surface area contributed by atoms with Gasteiger partial charge in [-0.1, -0.05) is 12.1 Å². The summed E-state index contributed by atoms with van der Waals surface area (Å²) in [4.78, 5) is 41.7. The molecule has 0 aromatic heterocycles. The Morgan fingerprint density at radius 3 is 2.60 bits per heavy atom. The molecule has 0 spiro atoms. The fourth-order valence-electron chi connectivity index (χ4n) is 4.28. The number of ether oxygens (including phenoxy) is 1.